The van der Waals surface area contributed by atoms with Gasteiger partial charge in [-0.15, -0.1) is 0 Å². The highest BCUT2D eigenvalue weighted by Gasteiger charge is 2.08. The van der Waals surface area contributed by atoms with Crippen molar-refractivity contribution in [3.8, 4) is 0 Å². The first kappa shape index (κ1) is 14.2. The molecule has 1 aromatic rings. The molecule has 0 radical (unpaired) electrons. The van der Waals surface area contributed by atoms with Crippen LogP contribution in [0.2, 0.25) is 0 Å². The Morgan fingerprint density at radius 3 is 2.35 bits per heavy atom. The molecule has 1 rings (SSSR count). The van der Waals surface area contributed by atoms with Crippen molar-refractivity contribution in [3.63, 3.8) is 0 Å². The zero-order chi connectivity index (χ0) is 12.5. The fourth-order valence-corrected chi connectivity index (χ4v) is 2.23. The topological polar surface area (TPSA) is 12.0 Å². The Kier molecular flexibility index (Phi) is 6.95. The SMILES string of the molecule is CCCCCC[C@H](C)N[C@H](C)c1ccccc1. The Hall–Kier alpha value is -0.820. The van der Waals surface area contributed by atoms with E-state index in [9.17, 15) is 0 Å². The highest BCUT2D eigenvalue weighted by atomic mass is 14.9. The molecule has 0 spiro atoms. The van der Waals surface area contributed by atoms with Gasteiger partial charge in [0.2, 0.25) is 0 Å². The average Bonchev–Trinajstić information content (AvgIpc) is 2.36. The number of hydrogen-bond donors (Lipinski definition) is 1. The largest absolute Gasteiger partial charge is 0.308 e. The minimum Gasteiger partial charge on any atom is -0.308 e. The van der Waals surface area contributed by atoms with Gasteiger partial charge in [-0.1, -0.05) is 62.9 Å². The minimum absolute atomic E-state index is 0.456. The summed E-state index contributed by atoms with van der Waals surface area (Å²) in [5.74, 6) is 0. The molecule has 0 aliphatic carbocycles. The first-order valence-corrected chi connectivity index (χ1v) is 7.05. The molecule has 0 aliphatic rings. The Morgan fingerprint density at radius 1 is 1.00 bits per heavy atom. The van der Waals surface area contributed by atoms with Crippen LogP contribution in [0.3, 0.4) is 0 Å². The maximum Gasteiger partial charge on any atom is 0.0294 e. The number of hydrogen-bond acceptors (Lipinski definition) is 1. The Bertz CT molecular complexity index is 281. The first-order chi connectivity index (χ1) is 8.24. The molecule has 0 aliphatic heterocycles. The first-order valence-electron chi connectivity index (χ1n) is 7.05. The summed E-state index contributed by atoms with van der Waals surface area (Å²) in [5.41, 5.74) is 1.38. The van der Waals surface area contributed by atoms with Crippen molar-refractivity contribution in [1.82, 2.24) is 5.32 Å². The summed E-state index contributed by atoms with van der Waals surface area (Å²) in [6, 6.07) is 11.8. The molecule has 1 nitrogen and oxygen atoms in total. The van der Waals surface area contributed by atoms with E-state index in [2.05, 4.69) is 56.4 Å². The zero-order valence-electron chi connectivity index (χ0n) is 11.6. The predicted molar refractivity (Wildman–Crippen MR) is 76.2 cm³/mol. The molecule has 0 saturated carbocycles. The van der Waals surface area contributed by atoms with Gasteiger partial charge < -0.3 is 5.32 Å². The molecule has 1 aromatic carbocycles. The van der Waals surface area contributed by atoms with Crippen molar-refractivity contribution in [1.29, 1.82) is 0 Å². The summed E-state index contributed by atoms with van der Waals surface area (Å²) in [6.07, 6.45) is 6.71. The predicted octanol–water partition coefficient (Wildman–Crippen LogP) is 4.70. The van der Waals surface area contributed by atoms with Crippen LogP contribution in [0.5, 0.6) is 0 Å². The van der Waals surface area contributed by atoms with Crippen LogP contribution in [0.1, 0.15) is 64.5 Å². The lowest BCUT2D eigenvalue weighted by atomic mass is 10.0. The molecule has 0 heterocycles. The normalized spacial score (nSPS) is 14.5. The second kappa shape index (κ2) is 8.30. The number of benzene rings is 1. The second-order valence-electron chi connectivity index (χ2n) is 5.05. The van der Waals surface area contributed by atoms with E-state index in [4.69, 9.17) is 0 Å². The summed E-state index contributed by atoms with van der Waals surface area (Å²) in [5, 5.41) is 3.67. The van der Waals surface area contributed by atoms with Crippen LogP contribution in [0.25, 0.3) is 0 Å². The van der Waals surface area contributed by atoms with E-state index in [1.165, 1.54) is 37.7 Å². The van der Waals surface area contributed by atoms with Crippen molar-refractivity contribution in [3.05, 3.63) is 35.9 Å². The van der Waals surface area contributed by atoms with Crippen LogP contribution >= 0.6 is 0 Å². The highest BCUT2D eigenvalue weighted by molar-refractivity contribution is 5.18. The third kappa shape index (κ3) is 5.88. The van der Waals surface area contributed by atoms with E-state index in [1.807, 2.05) is 0 Å². The van der Waals surface area contributed by atoms with Gasteiger partial charge in [-0.2, -0.15) is 0 Å². The molecule has 0 fully saturated rings. The quantitative estimate of drug-likeness (QED) is 0.642. The van der Waals surface area contributed by atoms with Crippen molar-refractivity contribution >= 4 is 0 Å². The molecular weight excluding hydrogens is 206 g/mol. The van der Waals surface area contributed by atoms with Gasteiger partial charge >= 0.3 is 0 Å². The fourth-order valence-electron chi connectivity index (χ4n) is 2.23. The van der Waals surface area contributed by atoms with E-state index in [0.29, 0.717) is 12.1 Å². The van der Waals surface area contributed by atoms with Crippen molar-refractivity contribution < 1.29 is 0 Å². The second-order valence-corrected chi connectivity index (χ2v) is 5.05. The van der Waals surface area contributed by atoms with Gasteiger partial charge in [-0.05, 0) is 25.8 Å². The number of rotatable bonds is 8. The highest BCUT2D eigenvalue weighted by Crippen LogP contribution is 2.14. The fraction of sp³-hybridized carbons (Fsp3) is 0.625. The molecule has 0 aromatic heterocycles. The van der Waals surface area contributed by atoms with Crippen LogP contribution < -0.4 is 5.32 Å². The summed E-state index contributed by atoms with van der Waals surface area (Å²) >= 11 is 0. The lowest BCUT2D eigenvalue weighted by molar-refractivity contribution is 0.438. The summed E-state index contributed by atoms with van der Waals surface area (Å²) in [7, 11) is 0. The van der Waals surface area contributed by atoms with E-state index in [-0.39, 0.29) is 0 Å². The maximum atomic E-state index is 3.67. The molecule has 0 saturated heterocycles. The Labute approximate surface area is 107 Å². The third-order valence-corrected chi connectivity index (χ3v) is 3.32. The van der Waals surface area contributed by atoms with Gasteiger partial charge in [0.15, 0.2) is 0 Å². The van der Waals surface area contributed by atoms with Gasteiger partial charge in [0, 0.05) is 12.1 Å². The van der Waals surface area contributed by atoms with E-state index >= 15 is 0 Å². The van der Waals surface area contributed by atoms with Crippen LogP contribution in [0, 0.1) is 0 Å². The molecule has 1 N–H and O–H groups in total. The lowest BCUT2D eigenvalue weighted by Crippen LogP contribution is -2.28. The van der Waals surface area contributed by atoms with Gasteiger partial charge in [-0.3, -0.25) is 0 Å². The lowest BCUT2D eigenvalue weighted by Gasteiger charge is -2.20. The molecule has 0 amide bonds. The standard InChI is InChI=1S/C16H27N/c1-4-5-6-8-11-14(2)17-15(3)16-12-9-7-10-13-16/h7,9-10,12-15,17H,4-6,8,11H2,1-3H3/t14-,15+/m0/s1. The van der Waals surface area contributed by atoms with Crippen molar-refractivity contribution in [2.75, 3.05) is 0 Å². The summed E-state index contributed by atoms with van der Waals surface area (Å²) < 4.78 is 0. The van der Waals surface area contributed by atoms with Gasteiger partial charge in [0.05, 0.1) is 0 Å². The monoisotopic (exact) mass is 233 g/mol. The van der Waals surface area contributed by atoms with Crippen molar-refractivity contribution in [2.45, 2.75) is 65.0 Å². The van der Waals surface area contributed by atoms with Crippen LogP contribution in [-0.2, 0) is 0 Å². The smallest absolute Gasteiger partial charge is 0.0294 e. The van der Waals surface area contributed by atoms with E-state index < -0.39 is 0 Å². The summed E-state index contributed by atoms with van der Waals surface area (Å²) in [4.78, 5) is 0. The molecule has 1 heteroatoms. The van der Waals surface area contributed by atoms with E-state index in [0.717, 1.165) is 0 Å². The van der Waals surface area contributed by atoms with Gasteiger partial charge in [0.1, 0.15) is 0 Å². The van der Waals surface area contributed by atoms with Crippen LogP contribution in [-0.4, -0.2) is 6.04 Å². The molecule has 0 bridgehead atoms. The summed E-state index contributed by atoms with van der Waals surface area (Å²) in [6.45, 7) is 6.81. The third-order valence-electron chi connectivity index (χ3n) is 3.32. The molecule has 0 unspecified atom stereocenters. The Balaban J connectivity index is 2.24. The van der Waals surface area contributed by atoms with Gasteiger partial charge in [-0.25, -0.2) is 0 Å². The van der Waals surface area contributed by atoms with Gasteiger partial charge in [0.25, 0.3) is 0 Å². The molecular formula is C16H27N. The maximum absolute atomic E-state index is 3.67. The number of nitrogens with one attached hydrogen (secondary N) is 1. The average molecular weight is 233 g/mol. The minimum atomic E-state index is 0.456. The Morgan fingerprint density at radius 2 is 1.71 bits per heavy atom. The molecule has 17 heavy (non-hydrogen) atoms. The molecule has 2 atom stereocenters. The van der Waals surface area contributed by atoms with Crippen LogP contribution in [0.4, 0.5) is 0 Å². The molecule has 96 valence electrons. The zero-order valence-corrected chi connectivity index (χ0v) is 11.6. The van der Waals surface area contributed by atoms with Crippen molar-refractivity contribution in [2.24, 2.45) is 0 Å². The van der Waals surface area contributed by atoms with Crippen LogP contribution in [0.15, 0.2) is 30.3 Å². The van der Waals surface area contributed by atoms with E-state index in [1.54, 1.807) is 0 Å². The number of unbranched alkanes of at least 4 members (excludes halogenated alkanes) is 3.